The number of nitrogens with zero attached hydrogens (tertiary/aromatic N) is 3. The number of aromatic nitrogens is 2. The maximum atomic E-state index is 12.7. The van der Waals surface area contributed by atoms with Gasteiger partial charge < -0.3 is 0 Å². The van der Waals surface area contributed by atoms with Gasteiger partial charge in [0.25, 0.3) is 10.0 Å². The highest BCUT2D eigenvalue weighted by molar-refractivity contribution is 7.89. The Morgan fingerprint density at radius 3 is 2.63 bits per heavy atom. The summed E-state index contributed by atoms with van der Waals surface area (Å²) in [7, 11) is -1.86. The van der Waals surface area contributed by atoms with Crippen molar-refractivity contribution in [1.82, 2.24) is 14.1 Å². The van der Waals surface area contributed by atoms with Gasteiger partial charge in [0.05, 0.1) is 6.20 Å². The molecule has 0 amide bonds. The van der Waals surface area contributed by atoms with Gasteiger partial charge in [-0.2, -0.15) is 9.40 Å². The van der Waals surface area contributed by atoms with Gasteiger partial charge in [-0.3, -0.25) is 4.68 Å². The lowest BCUT2D eigenvalue weighted by molar-refractivity contribution is 0.261. The first kappa shape index (κ1) is 14.8. The largest absolute Gasteiger partial charge is 0.260 e. The maximum Gasteiger partial charge on any atom is 0.260 e. The molecule has 0 unspecified atom stereocenters. The zero-order valence-electron chi connectivity index (χ0n) is 11.1. The van der Waals surface area contributed by atoms with Gasteiger partial charge in [0, 0.05) is 25.5 Å². The van der Waals surface area contributed by atoms with Gasteiger partial charge >= 0.3 is 0 Å². The smallest absolute Gasteiger partial charge is 0.256 e. The van der Waals surface area contributed by atoms with Crippen LogP contribution in [0, 0.1) is 0 Å². The SMILES string of the molecule is Cn1nccc1S(=O)(=O)N(CCCl)C1CCCCC1. The predicted molar refractivity (Wildman–Crippen MR) is 74.7 cm³/mol. The summed E-state index contributed by atoms with van der Waals surface area (Å²) >= 11 is 5.79. The van der Waals surface area contributed by atoms with Crippen LogP contribution in [-0.4, -0.2) is 41.0 Å². The molecule has 1 heterocycles. The maximum absolute atomic E-state index is 12.7. The first-order valence-corrected chi connectivity index (χ1v) is 8.60. The third kappa shape index (κ3) is 3.12. The Bertz CT molecular complexity index is 509. The summed E-state index contributed by atoms with van der Waals surface area (Å²) < 4.78 is 28.4. The lowest BCUT2D eigenvalue weighted by Gasteiger charge is -2.32. The summed E-state index contributed by atoms with van der Waals surface area (Å²) in [5, 5.41) is 4.19. The van der Waals surface area contributed by atoms with Crippen molar-refractivity contribution >= 4 is 21.6 Å². The summed E-state index contributed by atoms with van der Waals surface area (Å²) in [6.45, 7) is 0.361. The van der Waals surface area contributed by atoms with Gasteiger partial charge in [0.1, 0.15) is 0 Å². The zero-order valence-corrected chi connectivity index (χ0v) is 12.7. The van der Waals surface area contributed by atoms with Gasteiger partial charge in [-0.1, -0.05) is 19.3 Å². The molecule has 0 bridgehead atoms. The van der Waals surface area contributed by atoms with E-state index < -0.39 is 10.0 Å². The van der Waals surface area contributed by atoms with Crippen molar-refractivity contribution in [1.29, 1.82) is 0 Å². The Morgan fingerprint density at radius 1 is 1.42 bits per heavy atom. The zero-order chi connectivity index (χ0) is 13.9. The number of rotatable bonds is 5. The van der Waals surface area contributed by atoms with Crippen molar-refractivity contribution in [2.75, 3.05) is 12.4 Å². The molecule has 1 saturated carbocycles. The molecule has 1 aliphatic carbocycles. The van der Waals surface area contributed by atoms with E-state index in [1.165, 1.54) is 17.3 Å². The van der Waals surface area contributed by atoms with Crippen molar-refractivity contribution in [3.05, 3.63) is 12.3 Å². The minimum atomic E-state index is -3.50. The molecule has 0 N–H and O–H groups in total. The number of hydrogen-bond acceptors (Lipinski definition) is 3. The molecule has 19 heavy (non-hydrogen) atoms. The molecule has 2 rings (SSSR count). The van der Waals surface area contributed by atoms with Crippen LogP contribution in [0.25, 0.3) is 0 Å². The standard InChI is InChI=1S/C12H20ClN3O2S/c1-15-12(7-9-14-15)19(17,18)16(10-8-13)11-5-3-2-4-6-11/h7,9,11H,2-6,8,10H2,1H3. The molecule has 0 aromatic carbocycles. The summed E-state index contributed by atoms with van der Waals surface area (Å²) in [5.41, 5.74) is 0. The van der Waals surface area contributed by atoms with Crippen molar-refractivity contribution < 1.29 is 8.42 Å². The van der Waals surface area contributed by atoms with Crippen LogP contribution in [0.1, 0.15) is 32.1 Å². The van der Waals surface area contributed by atoms with Crippen molar-refractivity contribution in [3.63, 3.8) is 0 Å². The second kappa shape index (κ2) is 6.24. The first-order chi connectivity index (χ1) is 9.07. The molecule has 1 aliphatic rings. The van der Waals surface area contributed by atoms with Gasteiger partial charge in [-0.05, 0) is 18.9 Å². The van der Waals surface area contributed by atoms with Gasteiger partial charge in [-0.15, -0.1) is 11.6 Å². The Hall–Kier alpha value is -0.590. The monoisotopic (exact) mass is 305 g/mol. The van der Waals surface area contributed by atoms with E-state index in [1.54, 1.807) is 17.4 Å². The van der Waals surface area contributed by atoms with Gasteiger partial charge in [0.15, 0.2) is 5.03 Å². The predicted octanol–water partition coefficient (Wildman–Crippen LogP) is 1.98. The molecular weight excluding hydrogens is 286 g/mol. The van der Waals surface area contributed by atoms with Crippen molar-refractivity contribution in [2.45, 2.75) is 43.2 Å². The van der Waals surface area contributed by atoms with E-state index >= 15 is 0 Å². The van der Waals surface area contributed by atoms with Crippen molar-refractivity contribution in [3.8, 4) is 0 Å². The van der Waals surface area contributed by atoms with Crippen LogP contribution in [-0.2, 0) is 17.1 Å². The highest BCUT2D eigenvalue weighted by atomic mass is 35.5. The average molecular weight is 306 g/mol. The quantitative estimate of drug-likeness (QED) is 0.782. The fourth-order valence-corrected chi connectivity index (χ4v) is 4.76. The van der Waals surface area contributed by atoms with Crippen LogP contribution in [0.3, 0.4) is 0 Å². The number of alkyl halides is 1. The molecule has 0 atom stereocenters. The van der Waals surface area contributed by atoms with Crippen molar-refractivity contribution in [2.24, 2.45) is 7.05 Å². The minimum absolute atomic E-state index is 0.0763. The third-order valence-electron chi connectivity index (χ3n) is 3.64. The highest BCUT2D eigenvalue weighted by Gasteiger charge is 2.33. The number of sulfonamides is 1. The summed E-state index contributed by atoms with van der Waals surface area (Å²) in [4.78, 5) is 0. The fourth-order valence-electron chi connectivity index (χ4n) is 2.69. The molecule has 1 aromatic heterocycles. The normalized spacial score (nSPS) is 18.1. The average Bonchev–Trinajstić information content (AvgIpc) is 2.84. The second-order valence-electron chi connectivity index (χ2n) is 4.89. The Morgan fingerprint density at radius 2 is 2.11 bits per heavy atom. The van der Waals surface area contributed by atoms with Crippen LogP contribution < -0.4 is 0 Å². The Balaban J connectivity index is 2.29. The van der Waals surface area contributed by atoms with E-state index in [2.05, 4.69) is 5.10 Å². The summed E-state index contributed by atoms with van der Waals surface area (Å²) in [6.07, 6.45) is 6.72. The lowest BCUT2D eigenvalue weighted by atomic mass is 9.95. The second-order valence-corrected chi connectivity index (χ2v) is 7.11. The number of hydrogen-bond donors (Lipinski definition) is 0. The van der Waals surface area contributed by atoms with E-state index in [4.69, 9.17) is 11.6 Å². The van der Waals surface area contributed by atoms with Crippen LogP contribution in [0.2, 0.25) is 0 Å². The Labute approximate surface area is 119 Å². The van der Waals surface area contributed by atoms with Crippen LogP contribution in [0.15, 0.2) is 17.3 Å². The molecule has 108 valence electrons. The van der Waals surface area contributed by atoms with E-state index in [9.17, 15) is 8.42 Å². The molecule has 0 aliphatic heterocycles. The molecule has 0 spiro atoms. The molecular formula is C12H20ClN3O2S. The minimum Gasteiger partial charge on any atom is -0.256 e. The van der Waals surface area contributed by atoms with E-state index in [1.807, 2.05) is 0 Å². The van der Waals surface area contributed by atoms with Crippen LogP contribution in [0.4, 0.5) is 0 Å². The summed E-state index contributed by atoms with van der Waals surface area (Å²) in [5.74, 6) is 0.313. The number of aryl methyl sites for hydroxylation is 1. The third-order valence-corrected chi connectivity index (χ3v) is 5.83. The topological polar surface area (TPSA) is 55.2 Å². The number of halogens is 1. The van der Waals surface area contributed by atoms with E-state index in [-0.39, 0.29) is 11.1 Å². The molecule has 0 saturated heterocycles. The first-order valence-electron chi connectivity index (χ1n) is 6.63. The van der Waals surface area contributed by atoms with Gasteiger partial charge in [-0.25, -0.2) is 8.42 Å². The summed E-state index contributed by atoms with van der Waals surface area (Å²) in [6, 6.07) is 1.62. The molecule has 0 radical (unpaired) electrons. The van der Waals surface area contributed by atoms with E-state index in [0.717, 1.165) is 25.7 Å². The molecule has 1 fully saturated rings. The molecule has 1 aromatic rings. The Kier molecular flexibility index (Phi) is 4.86. The molecule has 7 heteroatoms. The fraction of sp³-hybridized carbons (Fsp3) is 0.750. The van der Waals surface area contributed by atoms with E-state index in [0.29, 0.717) is 12.4 Å². The van der Waals surface area contributed by atoms with Gasteiger partial charge in [0.2, 0.25) is 0 Å². The van der Waals surface area contributed by atoms with Crippen LogP contribution >= 0.6 is 11.6 Å². The highest BCUT2D eigenvalue weighted by Crippen LogP contribution is 2.27. The lowest BCUT2D eigenvalue weighted by Crippen LogP contribution is -2.43. The van der Waals surface area contributed by atoms with Crippen LogP contribution in [0.5, 0.6) is 0 Å². The molecule has 5 nitrogen and oxygen atoms in total.